The minimum atomic E-state index is 0.463. The maximum absolute atomic E-state index is 5.93. The number of anilines is 1. The largest absolute Gasteiger partial charge is 0.376 e. The van der Waals surface area contributed by atoms with Crippen LogP contribution >= 0.6 is 22.9 Å². The molecule has 0 spiro atoms. The third-order valence-electron chi connectivity index (χ3n) is 2.75. The standard InChI is InChI=1S/C14H13ClN4OS/c1-9-8-21-14(17-9)6-12-18-13(20-19-12)7-16-11-4-2-3-10(15)5-11/h2-5,8,16H,6-7H2,1H3. The summed E-state index contributed by atoms with van der Waals surface area (Å²) in [6, 6.07) is 7.49. The third kappa shape index (κ3) is 3.80. The Hall–Kier alpha value is -1.92. The summed E-state index contributed by atoms with van der Waals surface area (Å²) in [7, 11) is 0. The van der Waals surface area contributed by atoms with E-state index in [-0.39, 0.29) is 0 Å². The van der Waals surface area contributed by atoms with E-state index in [0.717, 1.165) is 16.4 Å². The second-order valence-corrected chi connectivity index (χ2v) is 5.91. The first-order valence-electron chi connectivity index (χ1n) is 6.41. The number of aromatic nitrogens is 3. The van der Waals surface area contributed by atoms with Gasteiger partial charge < -0.3 is 9.84 Å². The number of rotatable bonds is 5. The first-order valence-corrected chi connectivity index (χ1v) is 7.67. The molecule has 0 aliphatic rings. The molecule has 21 heavy (non-hydrogen) atoms. The van der Waals surface area contributed by atoms with Crippen LogP contribution in [-0.4, -0.2) is 15.1 Å². The van der Waals surface area contributed by atoms with Crippen LogP contribution in [-0.2, 0) is 13.0 Å². The SMILES string of the molecule is Cc1csc(Cc2noc(CNc3cccc(Cl)c3)n2)n1. The lowest BCUT2D eigenvalue weighted by atomic mass is 10.3. The monoisotopic (exact) mass is 320 g/mol. The molecule has 0 atom stereocenters. The fourth-order valence-corrected chi connectivity index (χ4v) is 2.79. The molecule has 2 aromatic heterocycles. The zero-order valence-corrected chi connectivity index (χ0v) is 12.9. The molecule has 0 aliphatic carbocycles. The van der Waals surface area contributed by atoms with Crippen LogP contribution in [0.1, 0.15) is 22.4 Å². The fraction of sp³-hybridized carbons (Fsp3) is 0.214. The molecule has 108 valence electrons. The van der Waals surface area contributed by atoms with Crippen LogP contribution in [0.3, 0.4) is 0 Å². The summed E-state index contributed by atoms with van der Waals surface area (Å²) in [4.78, 5) is 8.73. The Balaban J connectivity index is 1.60. The lowest BCUT2D eigenvalue weighted by Crippen LogP contribution is -2.00. The molecule has 0 aliphatic heterocycles. The summed E-state index contributed by atoms with van der Waals surface area (Å²) in [6.45, 7) is 2.43. The van der Waals surface area contributed by atoms with Crippen LogP contribution in [0, 0.1) is 6.92 Å². The Morgan fingerprint density at radius 3 is 3.00 bits per heavy atom. The van der Waals surface area contributed by atoms with Gasteiger partial charge in [0.25, 0.3) is 0 Å². The van der Waals surface area contributed by atoms with Crippen LogP contribution in [0.2, 0.25) is 5.02 Å². The molecule has 0 fully saturated rings. The van der Waals surface area contributed by atoms with Gasteiger partial charge in [0.15, 0.2) is 5.82 Å². The molecule has 0 amide bonds. The van der Waals surface area contributed by atoms with Crippen molar-refractivity contribution in [3.05, 3.63) is 57.1 Å². The molecule has 3 aromatic rings. The predicted molar refractivity (Wildman–Crippen MR) is 82.7 cm³/mol. The maximum atomic E-state index is 5.93. The number of benzene rings is 1. The highest BCUT2D eigenvalue weighted by Crippen LogP contribution is 2.16. The molecular weight excluding hydrogens is 308 g/mol. The van der Waals surface area contributed by atoms with E-state index in [4.69, 9.17) is 16.1 Å². The number of halogens is 1. The molecule has 0 unspecified atom stereocenters. The van der Waals surface area contributed by atoms with Crippen molar-refractivity contribution in [2.45, 2.75) is 19.9 Å². The zero-order valence-electron chi connectivity index (χ0n) is 11.3. The van der Waals surface area contributed by atoms with E-state index in [2.05, 4.69) is 20.4 Å². The van der Waals surface area contributed by atoms with Crippen LogP contribution in [0.4, 0.5) is 5.69 Å². The highest BCUT2D eigenvalue weighted by molar-refractivity contribution is 7.09. The molecule has 2 heterocycles. The summed E-state index contributed by atoms with van der Waals surface area (Å²) in [6.07, 6.45) is 0.596. The Morgan fingerprint density at radius 2 is 2.24 bits per heavy atom. The van der Waals surface area contributed by atoms with Crippen molar-refractivity contribution in [1.29, 1.82) is 0 Å². The predicted octanol–water partition coefficient (Wildman–Crippen LogP) is 3.69. The highest BCUT2D eigenvalue weighted by atomic mass is 35.5. The topological polar surface area (TPSA) is 63.8 Å². The second-order valence-electron chi connectivity index (χ2n) is 4.53. The van der Waals surface area contributed by atoms with Gasteiger partial charge >= 0.3 is 0 Å². The molecule has 0 bridgehead atoms. The molecule has 7 heteroatoms. The Morgan fingerprint density at radius 1 is 1.33 bits per heavy atom. The van der Waals surface area contributed by atoms with Gasteiger partial charge in [-0.3, -0.25) is 0 Å². The first kappa shape index (κ1) is 14.0. The van der Waals surface area contributed by atoms with E-state index in [1.165, 1.54) is 0 Å². The number of nitrogens with one attached hydrogen (secondary N) is 1. The van der Waals surface area contributed by atoms with Gasteiger partial charge in [-0.15, -0.1) is 11.3 Å². The van der Waals surface area contributed by atoms with Crippen LogP contribution in [0.25, 0.3) is 0 Å². The average molecular weight is 321 g/mol. The number of aryl methyl sites for hydroxylation is 1. The van der Waals surface area contributed by atoms with Crippen molar-refractivity contribution >= 4 is 28.6 Å². The quantitative estimate of drug-likeness (QED) is 0.776. The van der Waals surface area contributed by atoms with Crippen molar-refractivity contribution < 1.29 is 4.52 Å². The number of hydrogen-bond acceptors (Lipinski definition) is 6. The molecule has 0 radical (unpaired) electrons. The van der Waals surface area contributed by atoms with E-state index in [1.807, 2.05) is 36.6 Å². The van der Waals surface area contributed by atoms with Gasteiger partial charge in [0.2, 0.25) is 5.89 Å². The number of nitrogens with zero attached hydrogens (tertiary/aromatic N) is 3. The Bertz CT molecular complexity index is 740. The summed E-state index contributed by atoms with van der Waals surface area (Å²) in [5.41, 5.74) is 1.93. The van der Waals surface area contributed by atoms with Gasteiger partial charge in [0, 0.05) is 21.8 Å². The van der Waals surface area contributed by atoms with Gasteiger partial charge in [0.1, 0.15) is 5.01 Å². The lowest BCUT2D eigenvalue weighted by Gasteiger charge is -2.02. The normalized spacial score (nSPS) is 10.8. The molecular formula is C14H13ClN4OS. The van der Waals surface area contributed by atoms with E-state index in [1.54, 1.807) is 11.3 Å². The molecule has 5 nitrogen and oxygen atoms in total. The zero-order chi connectivity index (χ0) is 14.7. The highest BCUT2D eigenvalue weighted by Gasteiger charge is 2.09. The summed E-state index contributed by atoms with van der Waals surface area (Å²) in [5.74, 6) is 1.19. The van der Waals surface area contributed by atoms with Crippen molar-refractivity contribution in [2.24, 2.45) is 0 Å². The summed E-state index contributed by atoms with van der Waals surface area (Å²) in [5, 5.41) is 10.8. The van der Waals surface area contributed by atoms with Crippen molar-refractivity contribution in [3.8, 4) is 0 Å². The van der Waals surface area contributed by atoms with Gasteiger partial charge in [0.05, 0.1) is 13.0 Å². The van der Waals surface area contributed by atoms with Crippen LogP contribution in [0.15, 0.2) is 34.2 Å². The van der Waals surface area contributed by atoms with Gasteiger partial charge in [-0.25, -0.2) is 4.98 Å². The molecule has 1 N–H and O–H groups in total. The first-order chi connectivity index (χ1) is 10.2. The average Bonchev–Trinajstić information content (AvgIpc) is 3.06. The smallest absolute Gasteiger partial charge is 0.245 e. The fourth-order valence-electron chi connectivity index (χ4n) is 1.83. The second kappa shape index (κ2) is 6.24. The summed E-state index contributed by atoms with van der Waals surface area (Å²) < 4.78 is 5.22. The van der Waals surface area contributed by atoms with Gasteiger partial charge in [-0.05, 0) is 25.1 Å². The van der Waals surface area contributed by atoms with E-state index >= 15 is 0 Å². The van der Waals surface area contributed by atoms with E-state index in [9.17, 15) is 0 Å². The van der Waals surface area contributed by atoms with Crippen molar-refractivity contribution in [1.82, 2.24) is 15.1 Å². The molecule has 3 rings (SSSR count). The Labute approximate surface area is 131 Å². The minimum Gasteiger partial charge on any atom is -0.376 e. The molecule has 0 saturated carbocycles. The van der Waals surface area contributed by atoms with E-state index in [0.29, 0.717) is 29.7 Å². The molecule has 0 saturated heterocycles. The van der Waals surface area contributed by atoms with E-state index < -0.39 is 0 Å². The number of thiazole rings is 1. The third-order valence-corrected chi connectivity index (χ3v) is 3.96. The number of hydrogen-bond donors (Lipinski definition) is 1. The summed E-state index contributed by atoms with van der Waals surface area (Å²) >= 11 is 7.53. The van der Waals surface area contributed by atoms with Crippen molar-refractivity contribution in [2.75, 3.05) is 5.32 Å². The lowest BCUT2D eigenvalue weighted by molar-refractivity contribution is 0.378. The van der Waals surface area contributed by atoms with Crippen LogP contribution < -0.4 is 5.32 Å². The van der Waals surface area contributed by atoms with Gasteiger partial charge in [-0.1, -0.05) is 22.8 Å². The minimum absolute atomic E-state index is 0.463. The van der Waals surface area contributed by atoms with Crippen LogP contribution in [0.5, 0.6) is 0 Å². The van der Waals surface area contributed by atoms with Crippen molar-refractivity contribution in [3.63, 3.8) is 0 Å². The van der Waals surface area contributed by atoms with Gasteiger partial charge in [-0.2, -0.15) is 4.98 Å². The molecule has 1 aromatic carbocycles. The Kier molecular flexibility index (Phi) is 4.17. The maximum Gasteiger partial charge on any atom is 0.245 e.